The molecule has 0 saturated carbocycles. The second kappa shape index (κ2) is 36.4. The summed E-state index contributed by atoms with van der Waals surface area (Å²) < 4.78 is 26.8. The van der Waals surface area contributed by atoms with Gasteiger partial charge in [-0.3, -0.25) is 0 Å². The molecule has 15 aromatic rings. The molecule has 0 N–H and O–H groups in total. The number of aromatic nitrogens is 12. The van der Waals surface area contributed by atoms with Gasteiger partial charge in [0.15, 0.2) is 0 Å². The van der Waals surface area contributed by atoms with Gasteiger partial charge in [-0.25, -0.2) is 37.9 Å². The van der Waals surface area contributed by atoms with Crippen molar-refractivity contribution in [3.05, 3.63) is 355 Å². The fourth-order valence-corrected chi connectivity index (χ4v) is 13.7. The third kappa shape index (κ3) is 17.2. The Morgan fingerprint density at radius 1 is 0.331 bits per heavy atom. The van der Waals surface area contributed by atoms with Crippen LogP contribution in [0, 0.1) is 30.6 Å². The standard InChI is InChI=1S/C34H26N6O4.C33H26N6O2.C16H8.C9H9N3O2.CO2/c1-43-33(41)23-15-11-21(12-16-23)19-39-31-27-9-5-6-10-28(27)32-30(26-8-4-3-7-25(26)29(31)35-37-39)36-38-40(32)20-22-13-17-24(18-14-22)34(42)44-2;1-21-11-13-22(14-12-21)19-38-31-27-9-5-3-7-25(27)30-32(28-10-6-4-8-26(28)29(31)34-36-38)39(37-35-30)20-23-15-17-24(18-16-23)33(40)41-2;1-2-6-14-11-12-16-8-4-3-7-15(16)10-9-13(14)5-1;1-14-9(13)8-4-2-7(3-5-8)6-11-12-10;2-1-3/h3-18H,19-20H2,1-2H3;3-18H,19-20H2,1-2H3;1-8H;2-5H,6H2,1H3;. The van der Waals surface area contributed by atoms with Gasteiger partial charge in [0.2, 0.25) is 0 Å². The zero-order chi connectivity index (χ0) is 82.0. The molecule has 0 spiro atoms. The van der Waals surface area contributed by atoms with E-state index in [0.29, 0.717) is 48.4 Å². The minimum Gasteiger partial charge on any atom is -0.465 e. The molecule has 4 heterocycles. The Bertz CT molecular complexity index is 6220. The maximum Gasteiger partial charge on any atom is 0.373 e. The Morgan fingerprint density at radius 3 is 0.788 bits per heavy atom. The molecule has 25 nitrogen and oxygen atoms in total. The Hall–Kier alpha value is -16.3. The summed E-state index contributed by atoms with van der Waals surface area (Å²) in [6, 6.07) is 85.7. The molecule has 0 fully saturated rings. The van der Waals surface area contributed by atoms with Gasteiger partial charge >= 0.3 is 30.0 Å². The monoisotopic (exact) mass is 1560 g/mol. The summed E-state index contributed by atoms with van der Waals surface area (Å²) in [6.45, 7) is 4.34. The number of methoxy groups -OCH3 is 4. The lowest BCUT2D eigenvalue weighted by molar-refractivity contribution is -0.191. The molecule has 0 atom stereocenters. The number of esters is 4. The molecule has 0 aliphatic heterocycles. The van der Waals surface area contributed by atoms with E-state index >= 15 is 0 Å². The molecule has 0 amide bonds. The van der Waals surface area contributed by atoms with Gasteiger partial charge in [-0.15, -0.1) is 20.4 Å². The second-order valence-electron chi connectivity index (χ2n) is 26.8. The highest BCUT2D eigenvalue weighted by Gasteiger charge is 2.33. The van der Waals surface area contributed by atoms with Crippen molar-refractivity contribution in [3.8, 4) is 114 Å². The normalized spacial score (nSPS) is 10.8. The van der Waals surface area contributed by atoms with Gasteiger partial charge in [-0.05, 0) is 113 Å². The lowest BCUT2D eigenvalue weighted by Crippen LogP contribution is -2.09. The molecule has 0 radical (unpaired) electrons. The van der Waals surface area contributed by atoms with Crippen LogP contribution in [0.3, 0.4) is 0 Å². The summed E-state index contributed by atoms with van der Waals surface area (Å²) in [6.07, 6.45) is 0.250. The van der Waals surface area contributed by atoms with Crippen LogP contribution < -0.4 is 0 Å². The molecule has 11 aromatic carbocycles. The first-order valence-corrected chi connectivity index (χ1v) is 36.9. The van der Waals surface area contributed by atoms with E-state index in [2.05, 4.69) is 137 Å². The van der Waals surface area contributed by atoms with Crippen LogP contribution in [-0.4, -0.2) is 118 Å². The Labute approximate surface area is 676 Å². The average molecular weight is 1560 g/mol. The summed E-state index contributed by atoms with van der Waals surface area (Å²) in [5.74, 6) is 11.2. The fourth-order valence-electron chi connectivity index (χ4n) is 13.7. The molecule has 4 aromatic heterocycles. The summed E-state index contributed by atoms with van der Waals surface area (Å²) in [7, 11) is 5.44. The number of fused-ring (bicyclic) bond motifs is 18. The highest BCUT2D eigenvalue weighted by Crippen LogP contribution is 2.48. The van der Waals surface area contributed by atoms with Crippen molar-refractivity contribution in [2.24, 2.45) is 5.11 Å². The minimum atomic E-state index is -0.381. The van der Waals surface area contributed by atoms with Crippen molar-refractivity contribution in [3.63, 3.8) is 0 Å². The molecule has 0 saturated heterocycles. The largest absolute Gasteiger partial charge is 0.465 e. The van der Waals surface area contributed by atoms with E-state index in [-0.39, 0.29) is 36.6 Å². The van der Waals surface area contributed by atoms with Crippen molar-refractivity contribution in [1.29, 1.82) is 0 Å². The maximum absolute atomic E-state index is 12.0. The highest BCUT2D eigenvalue weighted by atomic mass is 16.5. The van der Waals surface area contributed by atoms with Crippen molar-refractivity contribution in [2.45, 2.75) is 39.6 Å². The van der Waals surface area contributed by atoms with Crippen molar-refractivity contribution < 1.29 is 47.7 Å². The molecule has 0 bridgehead atoms. The number of ether oxygens (including phenoxy) is 4. The number of carbonyl (C=O) groups excluding carboxylic acids is 6. The number of benzene rings is 11. The zero-order valence-electron chi connectivity index (χ0n) is 64.2. The van der Waals surface area contributed by atoms with E-state index in [1.807, 2.05) is 164 Å². The first-order valence-electron chi connectivity index (χ1n) is 36.9. The van der Waals surface area contributed by atoms with Crippen LogP contribution in [0.25, 0.3) is 101 Å². The van der Waals surface area contributed by atoms with E-state index in [1.165, 1.54) is 34.0 Å². The number of rotatable bonds is 14. The predicted molar refractivity (Wildman–Crippen MR) is 439 cm³/mol. The van der Waals surface area contributed by atoms with E-state index in [9.17, 15) is 19.2 Å². The third-order valence-corrected chi connectivity index (χ3v) is 19.5. The molecular formula is C93H69N15O10. The molecule has 3 aliphatic carbocycles. The molecular weight excluding hydrogens is 1490 g/mol. The number of azide groups is 1. The summed E-state index contributed by atoms with van der Waals surface area (Å²) in [5.41, 5.74) is 34.5. The van der Waals surface area contributed by atoms with E-state index in [4.69, 9.17) is 39.5 Å². The zero-order valence-corrected chi connectivity index (χ0v) is 64.2. The van der Waals surface area contributed by atoms with Gasteiger partial charge in [0, 0.05) is 71.7 Å². The van der Waals surface area contributed by atoms with Gasteiger partial charge in [0.1, 0.15) is 22.8 Å². The molecule has 576 valence electrons. The molecule has 0 unspecified atom stereocenters. The van der Waals surface area contributed by atoms with Gasteiger partial charge in [0.25, 0.3) is 0 Å². The van der Waals surface area contributed by atoms with Crippen LogP contribution in [0.4, 0.5) is 0 Å². The predicted octanol–water partition coefficient (Wildman–Crippen LogP) is 16.1. The van der Waals surface area contributed by atoms with Crippen LogP contribution in [0.1, 0.15) is 97.1 Å². The molecule has 3 aliphatic rings. The van der Waals surface area contributed by atoms with E-state index in [1.54, 1.807) is 60.7 Å². The summed E-state index contributed by atoms with van der Waals surface area (Å²) in [5, 5.41) is 40.7. The number of nitrogens with zero attached hydrogens (tertiary/aromatic N) is 15. The highest BCUT2D eigenvalue weighted by molar-refractivity contribution is 6.01. The van der Waals surface area contributed by atoms with Gasteiger partial charge in [-0.2, -0.15) is 9.59 Å². The number of hydrogen-bond donors (Lipinski definition) is 0. The first-order chi connectivity index (χ1) is 57.8. The molecule has 18 rings (SSSR count). The van der Waals surface area contributed by atoms with Crippen LogP contribution in [-0.2, 0) is 61.3 Å². The second-order valence-corrected chi connectivity index (χ2v) is 26.8. The van der Waals surface area contributed by atoms with Crippen LogP contribution in [0.2, 0.25) is 0 Å². The summed E-state index contributed by atoms with van der Waals surface area (Å²) >= 11 is 0. The maximum atomic E-state index is 12.0. The topological polar surface area (TPSA) is 311 Å². The SMILES string of the molecule is C1#Cc2ccccc2C#Cc2ccccc21.COC(=O)c1ccc(CN=[N+]=[N-])cc1.COC(=O)c1ccc(Cn2nnc3c2-c2ccccc2-c2c(nnn2Cc2ccc(C(=O)OC)cc2)-c2ccccc2-3)cc1.COC(=O)c1ccc(Cn2nnc3c2-c2ccccc2-c2nnn(Cc4ccc(C)cc4)c2-c2ccccc2-3)cc1.O=C=O. The van der Waals surface area contributed by atoms with E-state index in [0.717, 1.165) is 140 Å². The van der Waals surface area contributed by atoms with Crippen molar-refractivity contribution in [2.75, 3.05) is 28.4 Å². The van der Waals surface area contributed by atoms with Crippen LogP contribution in [0.5, 0.6) is 0 Å². The smallest absolute Gasteiger partial charge is 0.373 e. The lowest BCUT2D eigenvalue weighted by Gasteiger charge is -2.19. The lowest BCUT2D eigenvalue weighted by atomic mass is 9.89. The fraction of sp³-hybridized carbons (Fsp3) is 0.108. The number of carbonyl (C=O) groups is 4. The first kappa shape index (κ1) is 78.4. The minimum absolute atomic E-state index is 0.250. The van der Waals surface area contributed by atoms with Crippen LogP contribution >= 0.6 is 0 Å². The van der Waals surface area contributed by atoms with Crippen LogP contribution in [0.15, 0.2) is 272 Å². The molecule has 118 heavy (non-hydrogen) atoms. The quantitative estimate of drug-likeness (QED) is 0.0244. The Balaban J connectivity index is 0.000000141. The van der Waals surface area contributed by atoms with E-state index < -0.39 is 0 Å². The average Bonchev–Trinajstić information content (AvgIpc) is 1.55. The van der Waals surface area contributed by atoms with Gasteiger partial charge in [-0.1, -0.05) is 249 Å². The number of hydrogen-bond acceptors (Lipinski definition) is 19. The molecule has 25 heteroatoms. The van der Waals surface area contributed by atoms with Gasteiger partial charge < -0.3 is 18.9 Å². The van der Waals surface area contributed by atoms with Gasteiger partial charge in [0.05, 0.1) is 106 Å². The van der Waals surface area contributed by atoms with Crippen molar-refractivity contribution in [1.82, 2.24) is 60.0 Å². The van der Waals surface area contributed by atoms with Crippen molar-refractivity contribution >= 4 is 30.0 Å². The number of aryl methyl sites for hydroxylation is 1. The third-order valence-electron chi connectivity index (χ3n) is 19.5. The Kier molecular flexibility index (Phi) is 24.2. The Morgan fingerprint density at radius 2 is 0.542 bits per heavy atom. The summed E-state index contributed by atoms with van der Waals surface area (Å²) in [4.78, 5) is 65.7.